The van der Waals surface area contributed by atoms with Gasteiger partial charge in [-0.15, -0.1) is 5.10 Å². The van der Waals surface area contributed by atoms with Crippen molar-refractivity contribution in [3.05, 3.63) is 23.9 Å². The highest BCUT2D eigenvalue weighted by Crippen LogP contribution is 2.37. The molecule has 0 spiro atoms. The van der Waals surface area contributed by atoms with Gasteiger partial charge in [-0.3, -0.25) is 0 Å². The van der Waals surface area contributed by atoms with Gasteiger partial charge < -0.3 is 5.32 Å². The molecule has 0 aliphatic heterocycles. The minimum absolute atomic E-state index is 0.250. The Kier molecular flexibility index (Phi) is 2.31. The van der Waals surface area contributed by atoms with Crippen LogP contribution >= 0.6 is 0 Å². The molecule has 4 nitrogen and oxygen atoms in total. The number of nitrogens with zero attached hydrogens (tertiary/aromatic N) is 3. The lowest BCUT2D eigenvalue weighted by Gasteiger charge is -2.41. The lowest BCUT2D eigenvalue weighted by molar-refractivity contribution is 0.268. The van der Waals surface area contributed by atoms with Crippen LogP contribution in [0, 0.1) is 6.92 Å². The summed E-state index contributed by atoms with van der Waals surface area (Å²) >= 11 is 0. The van der Waals surface area contributed by atoms with E-state index < -0.39 is 0 Å². The Morgan fingerprint density at radius 2 is 2.29 bits per heavy atom. The van der Waals surface area contributed by atoms with Crippen molar-refractivity contribution in [2.45, 2.75) is 45.1 Å². The Labute approximate surface area is 101 Å². The third-order valence-corrected chi connectivity index (χ3v) is 3.86. The number of fused-ring (bicyclic) bond motifs is 1. The van der Waals surface area contributed by atoms with Crippen molar-refractivity contribution in [1.29, 1.82) is 0 Å². The summed E-state index contributed by atoms with van der Waals surface area (Å²) in [5, 5.41) is 7.97. The monoisotopic (exact) mass is 230 g/mol. The summed E-state index contributed by atoms with van der Waals surface area (Å²) in [5.74, 6) is 0.761. The molecule has 0 bridgehead atoms. The molecule has 0 saturated heterocycles. The third kappa shape index (κ3) is 1.77. The Bertz CT molecular complexity index is 534. The molecule has 1 aliphatic carbocycles. The number of hydrogen-bond acceptors (Lipinski definition) is 3. The van der Waals surface area contributed by atoms with Crippen LogP contribution in [0.3, 0.4) is 0 Å². The lowest BCUT2D eigenvalue weighted by Crippen LogP contribution is -2.44. The van der Waals surface area contributed by atoms with Crippen LogP contribution < -0.4 is 5.32 Å². The van der Waals surface area contributed by atoms with E-state index >= 15 is 0 Å². The van der Waals surface area contributed by atoms with E-state index in [2.05, 4.69) is 35.3 Å². The first-order chi connectivity index (χ1) is 8.21. The predicted molar refractivity (Wildman–Crippen MR) is 68.2 cm³/mol. The van der Waals surface area contributed by atoms with E-state index in [1.807, 2.05) is 16.8 Å². The summed E-state index contributed by atoms with van der Waals surface area (Å²) in [6.45, 7) is 4.30. The molecule has 0 amide bonds. The van der Waals surface area contributed by atoms with Gasteiger partial charge in [-0.05, 0) is 50.3 Å². The molecule has 3 rings (SSSR count). The van der Waals surface area contributed by atoms with Gasteiger partial charge in [-0.2, -0.15) is 4.98 Å². The zero-order valence-corrected chi connectivity index (χ0v) is 10.4. The van der Waals surface area contributed by atoms with Crippen LogP contribution in [0.1, 0.15) is 38.2 Å². The van der Waals surface area contributed by atoms with Crippen LogP contribution in [-0.4, -0.2) is 20.1 Å². The smallest absolute Gasteiger partial charge is 0.243 e. The van der Waals surface area contributed by atoms with Gasteiger partial charge in [0.25, 0.3) is 0 Å². The summed E-state index contributed by atoms with van der Waals surface area (Å²) in [7, 11) is 0. The maximum Gasteiger partial charge on any atom is 0.243 e. The molecular formula is C13H18N4. The number of anilines is 1. The molecule has 2 aromatic rings. The van der Waals surface area contributed by atoms with E-state index in [4.69, 9.17) is 0 Å². The Morgan fingerprint density at radius 1 is 1.47 bits per heavy atom. The predicted octanol–water partition coefficient (Wildman–Crippen LogP) is 2.78. The molecule has 90 valence electrons. The van der Waals surface area contributed by atoms with Crippen LogP contribution in [0.5, 0.6) is 0 Å². The van der Waals surface area contributed by atoms with Crippen LogP contribution in [0.25, 0.3) is 5.65 Å². The van der Waals surface area contributed by atoms with Gasteiger partial charge in [-0.1, -0.05) is 6.92 Å². The average Bonchev–Trinajstić information content (AvgIpc) is 2.65. The second-order valence-electron chi connectivity index (χ2n) is 5.05. The number of pyridine rings is 1. The van der Waals surface area contributed by atoms with E-state index in [0.717, 1.165) is 18.0 Å². The maximum atomic E-state index is 4.53. The van der Waals surface area contributed by atoms with Crippen molar-refractivity contribution >= 4 is 11.6 Å². The Morgan fingerprint density at radius 3 is 2.94 bits per heavy atom. The van der Waals surface area contributed by atoms with Gasteiger partial charge in [0.15, 0.2) is 5.65 Å². The number of nitrogens with one attached hydrogen (secondary N) is 1. The molecule has 2 aromatic heterocycles. The number of rotatable bonds is 3. The molecule has 1 saturated carbocycles. The molecule has 17 heavy (non-hydrogen) atoms. The van der Waals surface area contributed by atoms with E-state index in [1.54, 1.807) is 0 Å². The molecule has 1 N–H and O–H groups in total. The normalized spacial score (nSPS) is 18.0. The van der Waals surface area contributed by atoms with Crippen molar-refractivity contribution in [3.8, 4) is 0 Å². The van der Waals surface area contributed by atoms with Gasteiger partial charge in [0.05, 0.1) is 0 Å². The van der Waals surface area contributed by atoms with E-state index in [0.29, 0.717) is 0 Å². The summed E-state index contributed by atoms with van der Waals surface area (Å²) in [6, 6.07) is 4.10. The number of aromatic nitrogens is 3. The van der Waals surface area contributed by atoms with Gasteiger partial charge in [0.2, 0.25) is 5.95 Å². The molecule has 1 aliphatic rings. The summed E-state index contributed by atoms with van der Waals surface area (Å²) < 4.78 is 1.83. The van der Waals surface area contributed by atoms with Crippen LogP contribution in [0.2, 0.25) is 0 Å². The topological polar surface area (TPSA) is 42.2 Å². The summed E-state index contributed by atoms with van der Waals surface area (Å²) in [6.07, 6.45) is 6.88. The average molecular weight is 230 g/mol. The first kappa shape index (κ1) is 10.6. The van der Waals surface area contributed by atoms with Gasteiger partial charge in [0, 0.05) is 11.7 Å². The molecule has 0 radical (unpaired) electrons. The minimum atomic E-state index is 0.250. The molecular weight excluding hydrogens is 212 g/mol. The second kappa shape index (κ2) is 3.72. The summed E-state index contributed by atoms with van der Waals surface area (Å²) in [5.41, 5.74) is 2.38. The summed E-state index contributed by atoms with van der Waals surface area (Å²) in [4.78, 5) is 4.53. The molecule has 2 heterocycles. The SMILES string of the molecule is CCC1(Nc2nc3cc(C)ccn3n2)CCC1. The quantitative estimate of drug-likeness (QED) is 0.881. The fraction of sp³-hybridized carbons (Fsp3) is 0.538. The minimum Gasteiger partial charge on any atom is -0.347 e. The van der Waals surface area contributed by atoms with Crippen molar-refractivity contribution in [3.63, 3.8) is 0 Å². The maximum absolute atomic E-state index is 4.53. The fourth-order valence-corrected chi connectivity index (χ4v) is 2.44. The first-order valence-electron chi connectivity index (χ1n) is 6.32. The Balaban J connectivity index is 1.90. The standard InChI is InChI=1S/C13H18N4/c1-3-13(6-4-7-13)15-12-14-11-9-10(2)5-8-17(11)16-12/h5,8-9H,3-4,6-7H2,1-2H3,(H,15,16). The highest BCUT2D eigenvalue weighted by atomic mass is 15.4. The van der Waals surface area contributed by atoms with Crippen LogP contribution in [-0.2, 0) is 0 Å². The van der Waals surface area contributed by atoms with E-state index in [-0.39, 0.29) is 5.54 Å². The van der Waals surface area contributed by atoms with E-state index in [1.165, 1.54) is 24.8 Å². The van der Waals surface area contributed by atoms with Gasteiger partial charge >= 0.3 is 0 Å². The zero-order valence-electron chi connectivity index (χ0n) is 10.4. The molecule has 0 atom stereocenters. The number of aryl methyl sites for hydroxylation is 1. The molecule has 1 fully saturated rings. The van der Waals surface area contributed by atoms with Crippen molar-refractivity contribution in [1.82, 2.24) is 14.6 Å². The number of hydrogen-bond donors (Lipinski definition) is 1. The first-order valence-corrected chi connectivity index (χ1v) is 6.32. The molecule has 4 heteroatoms. The van der Waals surface area contributed by atoms with Gasteiger partial charge in [0.1, 0.15) is 0 Å². The highest BCUT2D eigenvalue weighted by molar-refractivity contribution is 5.46. The van der Waals surface area contributed by atoms with E-state index in [9.17, 15) is 0 Å². The van der Waals surface area contributed by atoms with Gasteiger partial charge in [-0.25, -0.2) is 4.52 Å². The third-order valence-electron chi connectivity index (χ3n) is 3.86. The molecule has 0 unspecified atom stereocenters. The fourth-order valence-electron chi connectivity index (χ4n) is 2.44. The van der Waals surface area contributed by atoms with Crippen LogP contribution in [0.4, 0.5) is 5.95 Å². The molecule has 0 aromatic carbocycles. The second-order valence-corrected chi connectivity index (χ2v) is 5.05. The highest BCUT2D eigenvalue weighted by Gasteiger charge is 2.35. The Hall–Kier alpha value is -1.58. The van der Waals surface area contributed by atoms with Crippen molar-refractivity contribution in [2.75, 3.05) is 5.32 Å². The largest absolute Gasteiger partial charge is 0.347 e. The van der Waals surface area contributed by atoms with Crippen LogP contribution in [0.15, 0.2) is 18.3 Å². The van der Waals surface area contributed by atoms with Crippen molar-refractivity contribution < 1.29 is 0 Å². The lowest BCUT2D eigenvalue weighted by atomic mass is 9.75. The van der Waals surface area contributed by atoms with Crippen molar-refractivity contribution in [2.24, 2.45) is 0 Å². The zero-order chi connectivity index (χ0) is 11.9.